The number of hydrazine groups is 1. The zero-order chi connectivity index (χ0) is 13.8. The summed E-state index contributed by atoms with van der Waals surface area (Å²) in [5, 5.41) is 2.60. The van der Waals surface area contributed by atoms with E-state index in [0.717, 1.165) is 0 Å². The molecule has 0 unspecified atom stereocenters. The Morgan fingerprint density at radius 2 is 2.06 bits per heavy atom. The van der Waals surface area contributed by atoms with E-state index in [2.05, 4.69) is 15.7 Å². The van der Waals surface area contributed by atoms with Gasteiger partial charge in [-0.1, -0.05) is 6.07 Å². The van der Waals surface area contributed by atoms with Crippen molar-refractivity contribution in [3.63, 3.8) is 0 Å². The lowest BCUT2D eigenvalue weighted by Gasteiger charge is -2.20. The first-order valence-corrected chi connectivity index (χ1v) is 5.38. The average Bonchev–Trinajstić information content (AvgIpc) is 2.36. The van der Waals surface area contributed by atoms with Gasteiger partial charge < -0.3 is 16.5 Å². The fourth-order valence-electron chi connectivity index (χ4n) is 1.12. The van der Waals surface area contributed by atoms with Gasteiger partial charge in [0.25, 0.3) is 5.91 Å². The maximum absolute atomic E-state index is 11.8. The van der Waals surface area contributed by atoms with Crippen molar-refractivity contribution >= 4 is 17.6 Å². The van der Waals surface area contributed by atoms with Crippen molar-refractivity contribution in [1.29, 1.82) is 0 Å². The largest absolute Gasteiger partial charge is 0.369 e. The van der Waals surface area contributed by atoms with Crippen molar-refractivity contribution in [3.8, 4) is 0 Å². The van der Waals surface area contributed by atoms with E-state index in [1.54, 1.807) is 32.0 Å². The molecule has 7 heteroatoms. The van der Waals surface area contributed by atoms with Crippen LogP contribution in [0.15, 0.2) is 18.2 Å². The molecule has 0 radical (unpaired) electrons. The summed E-state index contributed by atoms with van der Waals surface area (Å²) in [4.78, 5) is 26.9. The average molecular weight is 251 g/mol. The number of hydrogen-bond donors (Lipinski definition) is 4. The van der Waals surface area contributed by atoms with Crippen molar-refractivity contribution in [3.05, 3.63) is 23.9 Å². The summed E-state index contributed by atoms with van der Waals surface area (Å²) < 4.78 is 0. The highest BCUT2D eigenvalue weighted by Gasteiger charge is 2.25. The van der Waals surface area contributed by atoms with Gasteiger partial charge in [-0.25, -0.2) is 10.8 Å². The van der Waals surface area contributed by atoms with E-state index in [1.165, 1.54) is 0 Å². The molecule has 2 amide bonds. The highest BCUT2D eigenvalue weighted by atomic mass is 16.2. The van der Waals surface area contributed by atoms with Gasteiger partial charge in [-0.05, 0) is 26.0 Å². The molecule has 0 aromatic carbocycles. The minimum Gasteiger partial charge on any atom is -0.369 e. The predicted molar refractivity (Wildman–Crippen MR) is 67.4 cm³/mol. The van der Waals surface area contributed by atoms with Crippen LogP contribution in [0.1, 0.15) is 24.3 Å². The van der Waals surface area contributed by atoms with E-state index in [1.807, 2.05) is 0 Å². The van der Waals surface area contributed by atoms with Crippen molar-refractivity contribution in [2.24, 2.45) is 17.0 Å². The van der Waals surface area contributed by atoms with Crippen LogP contribution in [0.2, 0.25) is 0 Å². The SMILES string of the molecule is CC(C)(CNC(=O)c1cccc(NN)n1)C(N)=O. The molecule has 1 aromatic heterocycles. The van der Waals surface area contributed by atoms with Gasteiger partial charge in [-0.2, -0.15) is 0 Å². The molecule has 0 spiro atoms. The fourth-order valence-corrected chi connectivity index (χ4v) is 1.12. The molecule has 0 aliphatic rings. The van der Waals surface area contributed by atoms with Gasteiger partial charge in [0.1, 0.15) is 11.5 Å². The van der Waals surface area contributed by atoms with E-state index >= 15 is 0 Å². The molecule has 0 bridgehead atoms. The Morgan fingerprint density at radius 1 is 1.39 bits per heavy atom. The molecule has 0 aliphatic heterocycles. The first-order chi connectivity index (χ1) is 8.36. The Bertz CT molecular complexity index is 459. The van der Waals surface area contributed by atoms with Crippen LogP contribution in [0.25, 0.3) is 0 Å². The molecule has 0 saturated heterocycles. The Morgan fingerprint density at radius 3 is 2.61 bits per heavy atom. The second-order valence-electron chi connectivity index (χ2n) is 4.48. The van der Waals surface area contributed by atoms with Gasteiger partial charge in [0.05, 0.1) is 5.41 Å². The predicted octanol–water partition coefficient (Wildman–Crippen LogP) is -0.391. The lowest BCUT2D eigenvalue weighted by atomic mass is 9.93. The molecule has 18 heavy (non-hydrogen) atoms. The van der Waals surface area contributed by atoms with Crippen molar-refractivity contribution < 1.29 is 9.59 Å². The Hall–Kier alpha value is -2.15. The Kier molecular flexibility index (Phi) is 4.22. The minimum atomic E-state index is -0.806. The first kappa shape index (κ1) is 13.9. The van der Waals surface area contributed by atoms with Crippen LogP contribution in [-0.4, -0.2) is 23.3 Å². The van der Waals surface area contributed by atoms with E-state index in [9.17, 15) is 9.59 Å². The molecule has 1 heterocycles. The fraction of sp³-hybridized carbons (Fsp3) is 0.364. The summed E-state index contributed by atoms with van der Waals surface area (Å²) in [6.07, 6.45) is 0. The summed E-state index contributed by atoms with van der Waals surface area (Å²) in [6.45, 7) is 3.45. The molecule has 1 aromatic rings. The number of nitrogens with two attached hydrogens (primary N) is 2. The quantitative estimate of drug-likeness (QED) is 0.419. The number of amides is 2. The minimum absolute atomic E-state index is 0.142. The van der Waals surface area contributed by atoms with Gasteiger partial charge in [-0.15, -0.1) is 0 Å². The lowest BCUT2D eigenvalue weighted by molar-refractivity contribution is -0.125. The number of pyridine rings is 1. The summed E-state index contributed by atoms with van der Waals surface area (Å²) in [5.41, 5.74) is 6.96. The summed E-state index contributed by atoms with van der Waals surface area (Å²) in [7, 11) is 0. The van der Waals surface area contributed by atoms with E-state index < -0.39 is 11.3 Å². The number of nitrogens with one attached hydrogen (secondary N) is 2. The number of carbonyl (C=O) groups excluding carboxylic acids is 2. The van der Waals surface area contributed by atoms with Crippen LogP contribution in [0.3, 0.4) is 0 Å². The number of anilines is 1. The van der Waals surface area contributed by atoms with E-state index in [0.29, 0.717) is 5.82 Å². The number of nitrogen functional groups attached to an aromatic ring is 1. The molecule has 7 nitrogen and oxygen atoms in total. The van der Waals surface area contributed by atoms with Gasteiger partial charge >= 0.3 is 0 Å². The highest BCUT2D eigenvalue weighted by Crippen LogP contribution is 2.12. The number of carbonyl (C=O) groups is 2. The molecular formula is C11H17N5O2. The summed E-state index contributed by atoms with van der Waals surface area (Å²) >= 11 is 0. The maximum atomic E-state index is 11.8. The van der Waals surface area contributed by atoms with Crippen LogP contribution in [0, 0.1) is 5.41 Å². The maximum Gasteiger partial charge on any atom is 0.270 e. The van der Waals surface area contributed by atoms with Gasteiger partial charge in [0.15, 0.2) is 0 Å². The number of aromatic nitrogens is 1. The second kappa shape index (κ2) is 5.46. The van der Waals surface area contributed by atoms with Crippen LogP contribution in [-0.2, 0) is 4.79 Å². The topological polar surface area (TPSA) is 123 Å². The lowest BCUT2D eigenvalue weighted by Crippen LogP contribution is -2.42. The highest BCUT2D eigenvalue weighted by molar-refractivity contribution is 5.93. The zero-order valence-electron chi connectivity index (χ0n) is 10.4. The third kappa shape index (κ3) is 3.42. The molecule has 98 valence electrons. The van der Waals surface area contributed by atoms with Gasteiger partial charge in [-0.3, -0.25) is 9.59 Å². The zero-order valence-corrected chi connectivity index (χ0v) is 10.4. The second-order valence-corrected chi connectivity index (χ2v) is 4.48. The Labute approximate surface area is 105 Å². The van der Waals surface area contributed by atoms with Crippen LogP contribution in [0.4, 0.5) is 5.82 Å². The number of primary amides is 1. The molecule has 1 rings (SSSR count). The van der Waals surface area contributed by atoms with E-state index in [-0.39, 0.29) is 18.1 Å². The monoisotopic (exact) mass is 251 g/mol. The van der Waals surface area contributed by atoms with Crippen LogP contribution in [0.5, 0.6) is 0 Å². The van der Waals surface area contributed by atoms with E-state index in [4.69, 9.17) is 11.6 Å². The molecule has 0 saturated carbocycles. The third-order valence-electron chi connectivity index (χ3n) is 2.49. The van der Waals surface area contributed by atoms with Crippen molar-refractivity contribution in [2.45, 2.75) is 13.8 Å². The summed E-state index contributed by atoms with van der Waals surface area (Å²) in [5.74, 6) is 4.72. The van der Waals surface area contributed by atoms with Crippen LogP contribution >= 0.6 is 0 Å². The molecule has 0 aliphatic carbocycles. The van der Waals surface area contributed by atoms with Gasteiger partial charge in [0, 0.05) is 6.54 Å². The molecule has 6 N–H and O–H groups in total. The Balaban J connectivity index is 2.68. The van der Waals surface area contributed by atoms with Gasteiger partial charge in [0.2, 0.25) is 5.91 Å². The molecular weight excluding hydrogens is 234 g/mol. The molecule has 0 fully saturated rings. The van der Waals surface area contributed by atoms with Crippen LogP contribution < -0.4 is 22.3 Å². The van der Waals surface area contributed by atoms with Crippen molar-refractivity contribution in [2.75, 3.05) is 12.0 Å². The molecule has 0 atom stereocenters. The number of rotatable bonds is 5. The third-order valence-corrected chi connectivity index (χ3v) is 2.49. The van der Waals surface area contributed by atoms with Crippen molar-refractivity contribution in [1.82, 2.24) is 10.3 Å². The first-order valence-electron chi connectivity index (χ1n) is 5.38. The normalized spacial score (nSPS) is 10.8. The number of nitrogens with zero attached hydrogens (tertiary/aromatic N) is 1. The smallest absolute Gasteiger partial charge is 0.270 e. The summed E-state index contributed by atoms with van der Waals surface area (Å²) in [6, 6.07) is 4.83. The standard InChI is InChI=1S/C11H17N5O2/c1-11(2,10(12)18)6-14-9(17)7-4-3-5-8(15-7)16-13/h3-5H,6,13H2,1-2H3,(H2,12,18)(H,14,17)(H,15,16). The number of hydrogen-bond acceptors (Lipinski definition) is 5.